The molecular weight excluding hydrogens is 388 g/mol. The van der Waals surface area contributed by atoms with E-state index in [2.05, 4.69) is 20.8 Å². The first-order valence-electron chi connectivity index (χ1n) is 9.94. The van der Waals surface area contributed by atoms with Crippen molar-refractivity contribution >= 4 is 12.2 Å². The highest BCUT2D eigenvalue weighted by Crippen LogP contribution is 2.23. The molecule has 0 fully saturated rings. The summed E-state index contributed by atoms with van der Waals surface area (Å²) in [6.45, 7) is 9.49. The van der Waals surface area contributed by atoms with Crippen LogP contribution in [0.5, 0.6) is 0 Å². The molecule has 2 aromatic rings. The molecule has 30 heavy (non-hydrogen) atoms. The highest BCUT2D eigenvalue weighted by Gasteiger charge is 2.27. The van der Waals surface area contributed by atoms with Crippen LogP contribution in [0.1, 0.15) is 64.4 Å². The van der Waals surface area contributed by atoms with E-state index in [1.54, 1.807) is 20.8 Å². The zero-order valence-electron chi connectivity index (χ0n) is 18.1. The van der Waals surface area contributed by atoms with Gasteiger partial charge in [-0.15, -0.1) is 0 Å². The summed E-state index contributed by atoms with van der Waals surface area (Å²) in [6.07, 6.45) is -0.372. The Kier molecular flexibility index (Phi) is 8.20. The Labute approximate surface area is 176 Å². The molecule has 1 aromatic heterocycles. The van der Waals surface area contributed by atoms with Crippen molar-refractivity contribution < 1.29 is 23.6 Å². The number of rotatable bonds is 8. The predicted molar refractivity (Wildman–Crippen MR) is 109 cm³/mol. The second kappa shape index (κ2) is 10.6. The summed E-state index contributed by atoms with van der Waals surface area (Å²) >= 11 is 0. The fraction of sp³-hybridized carbons (Fsp3) is 0.524. The van der Waals surface area contributed by atoms with Crippen molar-refractivity contribution in [3.05, 3.63) is 47.6 Å². The van der Waals surface area contributed by atoms with Crippen molar-refractivity contribution in [1.29, 1.82) is 0 Å². The highest BCUT2D eigenvalue weighted by atomic mass is 16.6. The van der Waals surface area contributed by atoms with Crippen LogP contribution in [0.3, 0.4) is 0 Å². The van der Waals surface area contributed by atoms with E-state index in [1.807, 2.05) is 44.2 Å². The monoisotopic (exact) mass is 418 g/mol. The molecule has 0 spiro atoms. The molecule has 1 aromatic carbocycles. The van der Waals surface area contributed by atoms with Crippen LogP contribution in [0.25, 0.3) is 0 Å². The van der Waals surface area contributed by atoms with Gasteiger partial charge in [0.1, 0.15) is 18.2 Å². The van der Waals surface area contributed by atoms with Crippen LogP contribution in [-0.2, 0) is 22.6 Å². The fourth-order valence-corrected chi connectivity index (χ4v) is 2.51. The molecule has 2 rings (SSSR count). The molecule has 2 atom stereocenters. The topological polar surface area (TPSA) is 116 Å². The van der Waals surface area contributed by atoms with Crippen molar-refractivity contribution in [3.8, 4) is 0 Å². The number of alkyl carbamates (subject to hydrolysis) is 2. The maximum Gasteiger partial charge on any atom is 0.408 e. The Morgan fingerprint density at radius 1 is 1.17 bits per heavy atom. The van der Waals surface area contributed by atoms with Crippen molar-refractivity contribution in [2.45, 2.75) is 65.8 Å². The third kappa shape index (κ3) is 7.73. The van der Waals surface area contributed by atoms with Crippen LogP contribution in [0, 0.1) is 5.92 Å². The van der Waals surface area contributed by atoms with Crippen molar-refractivity contribution in [1.82, 2.24) is 20.8 Å². The number of ether oxygens (including phenoxy) is 2. The first-order valence-corrected chi connectivity index (χ1v) is 9.94. The second-order valence-corrected chi connectivity index (χ2v) is 7.97. The van der Waals surface area contributed by atoms with Crippen molar-refractivity contribution in [3.63, 3.8) is 0 Å². The molecule has 0 radical (unpaired) electrons. The van der Waals surface area contributed by atoms with Gasteiger partial charge < -0.3 is 24.6 Å². The minimum Gasteiger partial charge on any atom is -0.445 e. The maximum absolute atomic E-state index is 12.3. The van der Waals surface area contributed by atoms with Gasteiger partial charge in [-0.25, -0.2) is 9.59 Å². The lowest BCUT2D eigenvalue weighted by Crippen LogP contribution is -2.33. The number of hydrogen-bond acceptors (Lipinski definition) is 7. The van der Waals surface area contributed by atoms with Crippen LogP contribution in [0.15, 0.2) is 34.9 Å². The van der Waals surface area contributed by atoms with Crippen molar-refractivity contribution in [2.24, 2.45) is 5.92 Å². The smallest absolute Gasteiger partial charge is 0.408 e. The molecule has 0 aliphatic heterocycles. The Hall–Kier alpha value is -3.10. The van der Waals surface area contributed by atoms with Gasteiger partial charge in [-0.1, -0.05) is 55.8 Å². The molecule has 2 amide bonds. The minimum atomic E-state index is -0.599. The number of carbonyl (C=O) groups is 2. The molecular formula is C21H30N4O5. The lowest BCUT2D eigenvalue weighted by molar-refractivity contribution is 0.0521. The average molecular weight is 418 g/mol. The van der Waals surface area contributed by atoms with E-state index in [0.717, 1.165) is 12.0 Å². The molecule has 164 valence electrons. The largest absolute Gasteiger partial charge is 0.445 e. The Morgan fingerprint density at radius 3 is 2.50 bits per heavy atom. The zero-order chi connectivity index (χ0) is 22.1. The standard InChI is InChI=1S/C21H30N4O5/c1-6-14(2)17(24-20(27)28-13-15-10-8-7-9-11-15)18-23-16(25-30-18)12-22-19(26)29-21(3,4)5/h7-11,14,17H,6,12-13H2,1-5H3,(H,22,26)(H,24,27)/t14-,17+/m1/s1. The summed E-state index contributed by atoms with van der Waals surface area (Å²) in [7, 11) is 0. The molecule has 9 nitrogen and oxygen atoms in total. The van der Waals surface area contributed by atoms with Crippen LogP contribution in [0.2, 0.25) is 0 Å². The molecule has 0 bridgehead atoms. The highest BCUT2D eigenvalue weighted by molar-refractivity contribution is 5.68. The number of nitrogens with zero attached hydrogens (tertiary/aromatic N) is 2. The molecule has 0 unspecified atom stereocenters. The average Bonchev–Trinajstić information content (AvgIpc) is 3.16. The van der Waals surface area contributed by atoms with E-state index in [4.69, 9.17) is 14.0 Å². The lowest BCUT2D eigenvalue weighted by atomic mass is 9.99. The van der Waals surface area contributed by atoms with Gasteiger partial charge in [0.15, 0.2) is 5.82 Å². The fourth-order valence-electron chi connectivity index (χ4n) is 2.51. The van der Waals surface area contributed by atoms with Crippen LogP contribution in [0.4, 0.5) is 9.59 Å². The quantitative estimate of drug-likeness (QED) is 0.663. The SMILES string of the molecule is CC[C@@H](C)[C@H](NC(=O)OCc1ccccc1)c1nc(CNC(=O)OC(C)(C)C)no1. The number of amides is 2. The van der Waals surface area contributed by atoms with E-state index in [9.17, 15) is 9.59 Å². The Morgan fingerprint density at radius 2 is 1.87 bits per heavy atom. The number of hydrogen-bond donors (Lipinski definition) is 2. The molecule has 9 heteroatoms. The third-order valence-corrected chi connectivity index (χ3v) is 4.24. The van der Waals surface area contributed by atoms with Gasteiger partial charge in [-0.3, -0.25) is 0 Å². The summed E-state index contributed by atoms with van der Waals surface area (Å²) in [5.41, 5.74) is 0.291. The first kappa shape index (κ1) is 23.2. The summed E-state index contributed by atoms with van der Waals surface area (Å²) in [5, 5.41) is 9.24. The Balaban J connectivity index is 1.95. The van der Waals surface area contributed by atoms with E-state index < -0.39 is 23.8 Å². The lowest BCUT2D eigenvalue weighted by Gasteiger charge is -2.20. The van der Waals surface area contributed by atoms with Crippen LogP contribution < -0.4 is 10.6 Å². The summed E-state index contributed by atoms with van der Waals surface area (Å²) < 4.78 is 15.8. The van der Waals surface area contributed by atoms with Gasteiger partial charge in [0.2, 0.25) is 5.89 Å². The zero-order valence-corrected chi connectivity index (χ0v) is 18.1. The number of aromatic nitrogens is 2. The molecule has 0 aliphatic carbocycles. The van der Waals surface area contributed by atoms with E-state index in [-0.39, 0.29) is 30.8 Å². The molecule has 0 aliphatic rings. The second-order valence-electron chi connectivity index (χ2n) is 7.97. The van der Waals surface area contributed by atoms with Gasteiger partial charge in [0.25, 0.3) is 0 Å². The number of carbonyl (C=O) groups excluding carboxylic acids is 2. The van der Waals surface area contributed by atoms with Gasteiger partial charge in [0.05, 0.1) is 6.54 Å². The molecule has 0 saturated carbocycles. The first-order chi connectivity index (χ1) is 14.2. The summed E-state index contributed by atoms with van der Waals surface area (Å²) in [4.78, 5) is 28.3. The van der Waals surface area contributed by atoms with Gasteiger partial charge in [-0.2, -0.15) is 4.98 Å². The maximum atomic E-state index is 12.3. The van der Waals surface area contributed by atoms with Gasteiger partial charge >= 0.3 is 12.2 Å². The summed E-state index contributed by atoms with van der Waals surface area (Å²) in [5.74, 6) is 0.562. The number of nitrogens with one attached hydrogen (secondary N) is 2. The Bertz CT molecular complexity index is 816. The number of benzene rings is 1. The van der Waals surface area contributed by atoms with Gasteiger partial charge in [-0.05, 0) is 32.3 Å². The third-order valence-electron chi connectivity index (χ3n) is 4.24. The van der Waals surface area contributed by atoms with E-state index >= 15 is 0 Å². The van der Waals surface area contributed by atoms with Crippen molar-refractivity contribution in [2.75, 3.05) is 0 Å². The van der Waals surface area contributed by atoms with Gasteiger partial charge in [0, 0.05) is 0 Å². The normalized spacial score (nSPS) is 13.2. The molecule has 1 heterocycles. The minimum absolute atomic E-state index is 0.0291. The van der Waals surface area contributed by atoms with E-state index in [0.29, 0.717) is 0 Å². The van der Waals surface area contributed by atoms with E-state index in [1.165, 1.54) is 0 Å². The molecule has 0 saturated heterocycles. The van der Waals surface area contributed by atoms with Crippen LogP contribution in [-0.4, -0.2) is 27.9 Å². The molecule has 2 N–H and O–H groups in total. The predicted octanol–water partition coefficient (Wildman–Crippen LogP) is 4.11. The summed E-state index contributed by atoms with van der Waals surface area (Å²) in [6, 6.07) is 8.89. The van der Waals surface area contributed by atoms with Crippen LogP contribution >= 0.6 is 0 Å².